The molecule has 3 aromatic rings. The van der Waals surface area contributed by atoms with Crippen LogP contribution in [0.25, 0.3) is 11.1 Å². The summed E-state index contributed by atoms with van der Waals surface area (Å²) in [5.41, 5.74) is 0.981. The lowest BCUT2D eigenvalue weighted by Gasteiger charge is -2.12. The standard InChI is InChI=1S/C15H14N2O6S/c1-21-10-4-6-14(13(8-10)22-2)24(19,20)17-9-3-5-11-12(7-9)23-15(18)16-11/h3-8,17H,1-2H3,(H,16,18). The Hall–Kier alpha value is -2.94. The molecule has 0 aliphatic heterocycles. The first kappa shape index (κ1) is 15.9. The average molecular weight is 350 g/mol. The highest BCUT2D eigenvalue weighted by molar-refractivity contribution is 7.92. The molecule has 2 aromatic carbocycles. The lowest BCUT2D eigenvalue weighted by molar-refractivity contribution is 0.386. The first-order chi connectivity index (χ1) is 11.4. The van der Waals surface area contributed by atoms with Gasteiger partial charge in [-0.05, 0) is 24.3 Å². The van der Waals surface area contributed by atoms with Crippen molar-refractivity contribution in [1.29, 1.82) is 0 Å². The van der Waals surface area contributed by atoms with Gasteiger partial charge in [0.05, 0.1) is 25.4 Å². The second-order valence-electron chi connectivity index (χ2n) is 4.85. The van der Waals surface area contributed by atoms with Gasteiger partial charge in [0.15, 0.2) is 5.58 Å². The maximum atomic E-state index is 12.6. The molecule has 0 radical (unpaired) electrons. The number of aromatic amines is 1. The van der Waals surface area contributed by atoms with E-state index in [0.29, 0.717) is 11.3 Å². The van der Waals surface area contributed by atoms with Gasteiger partial charge in [0.1, 0.15) is 16.4 Å². The highest BCUT2D eigenvalue weighted by Gasteiger charge is 2.20. The van der Waals surface area contributed by atoms with Gasteiger partial charge in [0.2, 0.25) is 0 Å². The molecule has 0 saturated carbocycles. The summed E-state index contributed by atoms with van der Waals surface area (Å²) in [6.07, 6.45) is 0. The van der Waals surface area contributed by atoms with Crippen LogP contribution in [-0.2, 0) is 10.0 Å². The van der Waals surface area contributed by atoms with E-state index in [2.05, 4.69) is 9.71 Å². The summed E-state index contributed by atoms with van der Waals surface area (Å²) in [7, 11) is -1.06. The van der Waals surface area contributed by atoms with E-state index >= 15 is 0 Å². The van der Waals surface area contributed by atoms with Crippen LogP contribution in [0.4, 0.5) is 5.69 Å². The van der Waals surface area contributed by atoms with Crippen molar-refractivity contribution >= 4 is 26.8 Å². The number of benzene rings is 2. The lowest BCUT2D eigenvalue weighted by Crippen LogP contribution is -2.14. The fourth-order valence-corrected chi connectivity index (χ4v) is 3.42. The van der Waals surface area contributed by atoms with E-state index in [1.807, 2.05) is 0 Å². The van der Waals surface area contributed by atoms with E-state index in [0.717, 1.165) is 0 Å². The first-order valence-electron chi connectivity index (χ1n) is 6.80. The zero-order chi connectivity index (χ0) is 17.3. The molecule has 0 amide bonds. The number of hydrogen-bond donors (Lipinski definition) is 2. The minimum Gasteiger partial charge on any atom is -0.497 e. The van der Waals surface area contributed by atoms with Gasteiger partial charge in [-0.3, -0.25) is 9.71 Å². The molecule has 0 aliphatic rings. The van der Waals surface area contributed by atoms with Crippen LogP contribution in [0.3, 0.4) is 0 Å². The number of fused-ring (bicyclic) bond motifs is 1. The second kappa shape index (κ2) is 5.93. The van der Waals surface area contributed by atoms with Crippen LogP contribution < -0.4 is 20.0 Å². The predicted octanol–water partition coefficient (Wildman–Crippen LogP) is 1.94. The van der Waals surface area contributed by atoms with Crippen molar-refractivity contribution in [2.45, 2.75) is 4.90 Å². The molecule has 0 bridgehead atoms. The number of anilines is 1. The van der Waals surface area contributed by atoms with Crippen molar-refractivity contribution in [1.82, 2.24) is 4.98 Å². The van der Waals surface area contributed by atoms with Gasteiger partial charge in [-0.2, -0.15) is 0 Å². The fourth-order valence-electron chi connectivity index (χ4n) is 2.22. The molecule has 0 fully saturated rings. The normalized spacial score (nSPS) is 11.4. The van der Waals surface area contributed by atoms with Crippen LogP contribution in [0, 0.1) is 0 Å². The van der Waals surface area contributed by atoms with Crippen molar-refractivity contribution in [2.24, 2.45) is 0 Å². The summed E-state index contributed by atoms with van der Waals surface area (Å²) in [6, 6.07) is 8.86. The summed E-state index contributed by atoms with van der Waals surface area (Å²) in [4.78, 5) is 13.6. The van der Waals surface area contributed by atoms with Crippen LogP contribution in [-0.4, -0.2) is 27.6 Å². The van der Waals surface area contributed by atoms with Crippen LogP contribution in [0.2, 0.25) is 0 Å². The summed E-state index contributed by atoms with van der Waals surface area (Å²) in [6.45, 7) is 0. The van der Waals surface area contributed by atoms with Gasteiger partial charge in [-0.15, -0.1) is 0 Å². The lowest BCUT2D eigenvalue weighted by atomic mass is 10.3. The Morgan fingerprint density at radius 2 is 1.88 bits per heavy atom. The van der Waals surface area contributed by atoms with Crippen LogP contribution >= 0.6 is 0 Å². The van der Waals surface area contributed by atoms with Crippen molar-refractivity contribution < 1.29 is 22.3 Å². The number of ether oxygens (including phenoxy) is 2. The molecular weight excluding hydrogens is 336 g/mol. The molecule has 126 valence electrons. The van der Waals surface area contributed by atoms with Gasteiger partial charge in [-0.1, -0.05) is 0 Å². The van der Waals surface area contributed by atoms with Gasteiger partial charge >= 0.3 is 5.76 Å². The zero-order valence-corrected chi connectivity index (χ0v) is 13.6. The highest BCUT2D eigenvalue weighted by atomic mass is 32.2. The molecule has 0 saturated heterocycles. The average Bonchev–Trinajstić information content (AvgIpc) is 2.93. The minimum atomic E-state index is -3.90. The number of nitrogens with one attached hydrogen (secondary N) is 2. The van der Waals surface area contributed by atoms with E-state index in [9.17, 15) is 13.2 Å². The topological polar surface area (TPSA) is 111 Å². The monoisotopic (exact) mass is 350 g/mol. The number of sulfonamides is 1. The molecule has 0 spiro atoms. The predicted molar refractivity (Wildman–Crippen MR) is 87.2 cm³/mol. The Morgan fingerprint density at radius 3 is 2.58 bits per heavy atom. The van der Waals surface area contributed by atoms with Crippen LogP contribution in [0.15, 0.2) is 50.5 Å². The third-order valence-electron chi connectivity index (χ3n) is 3.33. The number of methoxy groups -OCH3 is 2. The number of hydrogen-bond acceptors (Lipinski definition) is 6. The fraction of sp³-hybridized carbons (Fsp3) is 0.133. The summed E-state index contributed by atoms with van der Waals surface area (Å²) < 4.78 is 42.7. The number of H-pyrrole nitrogens is 1. The summed E-state index contributed by atoms with van der Waals surface area (Å²) >= 11 is 0. The third kappa shape index (κ3) is 2.93. The SMILES string of the molecule is COc1ccc(S(=O)(=O)Nc2ccc3[nH]c(=O)oc3c2)c(OC)c1. The Labute approximate surface area is 137 Å². The highest BCUT2D eigenvalue weighted by Crippen LogP contribution is 2.30. The molecule has 9 heteroatoms. The van der Waals surface area contributed by atoms with Crippen molar-refractivity contribution in [2.75, 3.05) is 18.9 Å². The Bertz CT molecular complexity index is 1050. The zero-order valence-electron chi connectivity index (χ0n) is 12.8. The number of rotatable bonds is 5. The molecule has 8 nitrogen and oxygen atoms in total. The number of aromatic nitrogens is 1. The molecule has 2 N–H and O–H groups in total. The Balaban J connectivity index is 1.99. The largest absolute Gasteiger partial charge is 0.497 e. The van der Waals surface area contributed by atoms with Crippen LogP contribution in [0.1, 0.15) is 0 Å². The Kier molecular flexibility index (Phi) is 3.94. The molecule has 24 heavy (non-hydrogen) atoms. The molecule has 0 atom stereocenters. The minimum absolute atomic E-state index is 0.0404. The van der Waals surface area contributed by atoms with E-state index < -0.39 is 15.8 Å². The maximum absolute atomic E-state index is 12.6. The van der Waals surface area contributed by atoms with Gasteiger partial charge in [0, 0.05) is 12.1 Å². The summed E-state index contributed by atoms with van der Waals surface area (Å²) in [5.74, 6) is 0.0132. The van der Waals surface area contributed by atoms with E-state index in [-0.39, 0.29) is 21.9 Å². The summed E-state index contributed by atoms with van der Waals surface area (Å²) in [5, 5.41) is 0. The molecule has 0 unspecified atom stereocenters. The van der Waals surface area contributed by atoms with Gasteiger partial charge in [-0.25, -0.2) is 13.2 Å². The molecule has 1 aromatic heterocycles. The van der Waals surface area contributed by atoms with Crippen molar-refractivity contribution in [3.8, 4) is 11.5 Å². The molecule has 3 rings (SSSR count). The quantitative estimate of drug-likeness (QED) is 0.727. The van der Waals surface area contributed by atoms with E-state index in [4.69, 9.17) is 13.9 Å². The van der Waals surface area contributed by atoms with Gasteiger partial charge < -0.3 is 13.9 Å². The van der Waals surface area contributed by atoms with Crippen LogP contribution in [0.5, 0.6) is 11.5 Å². The maximum Gasteiger partial charge on any atom is 0.417 e. The van der Waals surface area contributed by atoms with E-state index in [1.165, 1.54) is 44.6 Å². The smallest absolute Gasteiger partial charge is 0.417 e. The molecule has 0 aliphatic carbocycles. The van der Waals surface area contributed by atoms with Crippen molar-refractivity contribution in [3.63, 3.8) is 0 Å². The molecule has 1 heterocycles. The second-order valence-corrected chi connectivity index (χ2v) is 6.50. The first-order valence-corrected chi connectivity index (χ1v) is 8.29. The molecular formula is C15H14N2O6S. The number of oxazole rings is 1. The van der Waals surface area contributed by atoms with Crippen molar-refractivity contribution in [3.05, 3.63) is 46.9 Å². The van der Waals surface area contributed by atoms with Gasteiger partial charge in [0.25, 0.3) is 10.0 Å². The van der Waals surface area contributed by atoms with E-state index in [1.54, 1.807) is 6.07 Å². The Morgan fingerprint density at radius 1 is 1.08 bits per heavy atom. The third-order valence-corrected chi connectivity index (χ3v) is 4.75.